The second-order valence-electron chi connectivity index (χ2n) is 4.77. The maximum Gasteiger partial charge on any atom is 0.0447 e. The van der Waals surface area contributed by atoms with E-state index in [0.29, 0.717) is 5.88 Å². The standard InChI is InChI=1S/C14H18ClN/c1-14(2)11-7-4-5-8-12(11)16(3)13(14)9-6-10-15/h4-5,7-9H,6,10H2,1-3H3/b13-9-. The predicted octanol–water partition coefficient (Wildman–Crippen LogP) is 3.93. The molecule has 0 amide bonds. The lowest BCUT2D eigenvalue weighted by Gasteiger charge is -2.24. The summed E-state index contributed by atoms with van der Waals surface area (Å²) in [6.45, 7) is 4.55. The first kappa shape index (κ1) is 11.5. The van der Waals surface area contributed by atoms with Crippen LogP contribution >= 0.6 is 11.6 Å². The second kappa shape index (κ2) is 4.14. The largest absolute Gasteiger partial charge is 0.347 e. The van der Waals surface area contributed by atoms with Gasteiger partial charge in [-0.3, -0.25) is 0 Å². The third-order valence-corrected chi connectivity index (χ3v) is 3.61. The van der Waals surface area contributed by atoms with Gasteiger partial charge in [0, 0.05) is 29.7 Å². The fraction of sp³-hybridized carbons (Fsp3) is 0.429. The number of rotatable bonds is 2. The Balaban J connectivity index is 2.49. The summed E-state index contributed by atoms with van der Waals surface area (Å²) >= 11 is 5.77. The molecule has 0 saturated carbocycles. The summed E-state index contributed by atoms with van der Waals surface area (Å²) in [6.07, 6.45) is 3.19. The highest BCUT2D eigenvalue weighted by Crippen LogP contribution is 2.46. The summed E-state index contributed by atoms with van der Waals surface area (Å²) in [6, 6.07) is 8.60. The van der Waals surface area contributed by atoms with E-state index in [1.165, 1.54) is 16.9 Å². The van der Waals surface area contributed by atoms with Crippen molar-refractivity contribution in [2.45, 2.75) is 25.7 Å². The molecule has 0 radical (unpaired) electrons. The van der Waals surface area contributed by atoms with Crippen molar-refractivity contribution in [1.82, 2.24) is 0 Å². The van der Waals surface area contributed by atoms with Gasteiger partial charge in [0.25, 0.3) is 0 Å². The van der Waals surface area contributed by atoms with E-state index in [-0.39, 0.29) is 5.41 Å². The van der Waals surface area contributed by atoms with Gasteiger partial charge in [0.15, 0.2) is 0 Å². The molecule has 0 saturated heterocycles. The molecule has 0 N–H and O–H groups in total. The van der Waals surface area contributed by atoms with E-state index in [4.69, 9.17) is 11.6 Å². The zero-order valence-corrected chi connectivity index (χ0v) is 10.9. The average molecular weight is 236 g/mol. The van der Waals surface area contributed by atoms with Crippen LogP contribution < -0.4 is 4.90 Å². The molecule has 1 aromatic rings. The van der Waals surface area contributed by atoms with Crippen LogP contribution in [0.25, 0.3) is 0 Å². The van der Waals surface area contributed by atoms with Crippen LogP contribution in [0.2, 0.25) is 0 Å². The number of allylic oxidation sites excluding steroid dienone is 2. The van der Waals surface area contributed by atoms with Gasteiger partial charge >= 0.3 is 0 Å². The van der Waals surface area contributed by atoms with Gasteiger partial charge in [0.1, 0.15) is 0 Å². The highest BCUT2D eigenvalue weighted by Gasteiger charge is 2.37. The van der Waals surface area contributed by atoms with E-state index in [0.717, 1.165) is 6.42 Å². The molecule has 0 aromatic heterocycles. The molecule has 0 unspecified atom stereocenters. The van der Waals surface area contributed by atoms with Crippen LogP contribution in [0.5, 0.6) is 0 Å². The average Bonchev–Trinajstić information content (AvgIpc) is 2.46. The first-order valence-electron chi connectivity index (χ1n) is 5.69. The molecule has 0 spiro atoms. The number of fused-ring (bicyclic) bond motifs is 1. The van der Waals surface area contributed by atoms with Crippen LogP contribution in [0.15, 0.2) is 36.0 Å². The number of benzene rings is 1. The lowest BCUT2D eigenvalue weighted by molar-refractivity contribution is 0.636. The SMILES string of the molecule is CN1/C(=C\CCCl)C(C)(C)c2ccccc21. The predicted molar refractivity (Wildman–Crippen MR) is 71.3 cm³/mol. The minimum atomic E-state index is 0.0946. The molecule has 1 aliphatic rings. The van der Waals surface area contributed by atoms with Gasteiger partial charge in [-0.15, -0.1) is 11.6 Å². The minimum Gasteiger partial charge on any atom is -0.347 e. The molecular formula is C14H18ClN. The molecule has 2 rings (SSSR count). The van der Waals surface area contributed by atoms with Crippen molar-refractivity contribution >= 4 is 17.3 Å². The number of anilines is 1. The summed E-state index contributed by atoms with van der Waals surface area (Å²) < 4.78 is 0. The topological polar surface area (TPSA) is 3.24 Å². The highest BCUT2D eigenvalue weighted by atomic mass is 35.5. The van der Waals surface area contributed by atoms with Gasteiger partial charge in [0.05, 0.1) is 0 Å². The number of para-hydroxylation sites is 1. The molecule has 16 heavy (non-hydrogen) atoms. The zero-order chi connectivity index (χ0) is 11.8. The van der Waals surface area contributed by atoms with E-state index >= 15 is 0 Å². The molecular weight excluding hydrogens is 218 g/mol. The van der Waals surface area contributed by atoms with Gasteiger partial charge in [-0.25, -0.2) is 0 Å². The van der Waals surface area contributed by atoms with Crippen molar-refractivity contribution in [2.24, 2.45) is 0 Å². The molecule has 1 nitrogen and oxygen atoms in total. The number of likely N-dealkylation sites (N-methyl/N-ethyl adjacent to an activating group) is 1. The van der Waals surface area contributed by atoms with Gasteiger partial charge in [-0.05, 0) is 18.1 Å². The van der Waals surface area contributed by atoms with Gasteiger partial charge in [-0.1, -0.05) is 38.1 Å². The number of alkyl halides is 1. The normalized spacial score (nSPS) is 20.2. The van der Waals surface area contributed by atoms with Crippen molar-refractivity contribution < 1.29 is 0 Å². The van der Waals surface area contributed by atoms with Crippen LogP contribution in [-0.2, 0) is 5.41 Å². The first-order chi connectivity index (χ1) is 7.59. The first-order valence-corrected chi connectivity index (χ1v) is 6.22. The Bertz CT molecular complexity index is 420. The fourth-order valence-electron chi connectivity index (χ4n) is 2.56. The Labute approximate surface area is 103 Å². The van der Waals surface area contributed by atoms with Crippen molar-refractivity contribution in [1.29, 1.82) is 0 Å². The molecule has 2 heteroatoms. The lowest BCUT2D eigenvalue weighted by atomic mass is 9.83. The summed E-state index contributed by atoms with van der Waals surface area (Å²) in [7, 11) is 2.13. The number of hydrogen-bond donors (Lipinski definition) is 0. The van der Waals surface area contributed by atoms with Crippen molar-refractivity contribution in [3.8, 4) is 0 Å². The second-order valence-corrected chi connectivity index (χ2v) is 5.15. The molecule has 0 bridgehead atoms. The van der Waals surface area contributed by atoms with E-state index in [9.17, 15) is 0 Å². The smallest absolute Gasteiger partial charge is 0.0447 e. The van der Waals surface area contributed by atoms with Crippen LogP contribution in [0, 0.1) is 0 Å². The monoisotopic (exact) mass is 235 g/mol. The number of hydrogen-bond acceptors (Lipinski definition) is 1. The number of halogens is 1. The van der Waals surface area contributed by atoms with Crippen molar-refractivity contribution in [2.75, 3.05) is 17.8 Å². The molecule has 0 fully saturated rings. The molecule has 1 aromatic carbocycles. The fourth-order valence-corrected chi connectivity index (χ4v) is 2.67. The maximum absolute atomic E-state index is 5.77. The Kier molecular flexibility index (Phi) is 2.98. The minimum absolute atomic E-state index is 0.0946. The van der Waals surface area contributed by atoms with Crippen molar-refractivity contribution in [3.05, 3.63) is 41.6 Å². The lowest BCUT2D eigenvalue weighted by Crippen LogP contribution is -2.22. The van der Waals surface area contributed by atoms with E-state index < -0.39 is 0 Å². The zero-order valence-electron chi connectivity index (χ0n) is 10.1. The molecule has 86 valence electrons. The quantitative estimate of drug-likeness (QED) is 0.703. The van der Waals surface area contributed by atoms with Gasteiger partial charge in [0.2, 0.25) is 0 Å². The Morgan fingerprint density at radius 3 is 2.62 bits per heavy atom. The number of nitrogens with zero attached hydrogens (tertiary/aromatic N) is 1. The summed E-state index contributed by atoms with van der Waals surface area (Å²) in [5.74, 6) is 0.684. The van der Waals surface area contributed by atoms with Crippen LogP contribution in [-0.4, -0.2) is 12.9 Å². The Morgan fingerprint density at radius 2 is 2.00 bits per heavy atom. The summed E-state index contributed by atoms with van der Waals surface area (Å²) in [5.41, 5.74) is 4.17. The van der Waals surface area contributed by atoms with E-state index in [2.05, 4.69) is 56.1 Å². The summed E-state index contributed by atoms with van der Waals surface area (Å²) in [5, 5.41) is 0. The van der Waals surface area contributed by atoms with Crippen LogP contribution in [0.4, 0.5) is 5.69 Å². The van der Waals surface area contributed by atoms with Gasteiger partial charge in [-0.2, -0.15) is 0 Å². The third kappa shape index (κ3) is 1.63. The third-order valence-electron chi connectivity index (χ3n) is 3.39. The van der Waals surface area contributed by atoms with Crippen LogP contribution in [0.1, 0.15) is 25.8 Å². The van der Waals surface area contributed by atoms with E-state index in [1.807, 2.05) is 0 Å². The van der Waals surface area contributed by atoms with Crippen molar-refractivity contribution in [3.63, 3.8) is 0 Å². The molecule has 1 heterocycles. The highest BCUT2D eigenvalue weighted by molar-refractivity contribution is 6.17. The Morgan fingerprint density at radius 1 is 1.31 bits per heavy atom. The maximum atomic E-state index is 5.77. The molecule has 0 aliphatic carbocycles. The summed E-state index contributed by atoms with van der Waals surface area (Å²) in [4.78, 5) is 2.28. The molecule has 1 aliphatic heterocycles. The Hall–Kier alpha value is -0.950. The van der Waals surface area contributed by atoms with E-state index in [1.54, 1.807) is 0 Å². The van der Waals surface area contributed by atoms with Crippen LogP contribution in [0.3, 0.4) is 0 Å². The van der Waals surface area contributed by atoms with Gasteiger partial charge < -0.3 is 4.90 Å². The molecule has 0 atom stereocenters.